The van der Waals surface area contributed by atoms with Crippen LogP contribution in [0.3, 0.4) is 0 Å². The molecule has 0 saturated carbocycles. The fourth-order valence-electron chi connectivity index (χ4n) is 3.53. The molecule has 1 aromatic carbocycles. The molecule has 0 aromatic heterocycles. The molecule has 0 heterocycles. The third kappa shape index (κ3) is 9.33. The zero-order valence-corrected chi connectivity index (χ0v) is 21.9. The van der Waals surface area contributed by atoms with Crippen LogP contribution in [0.25, 0.3) is 0 Å². The van der Waals surface area contributed by atoms with Gasteiger partial charge in [-0.25, -0.2) is 4.79 Å². The molecule has 0 spiro atoms. The van der Waals surface area contributed by atoms with Crippen LogP contribution in [-0.2, 0) is 14.3 Å². The molecule has 1 rings (SSSR count). The number of carbonyl (C=O) groups is 3. The zero-order chi connectivity index (χ0) is 25.9. The number of nitrogens with zero attached hydrogens (tertiary/aromatic N) is 1. The van der Waals surface area contributed by atoms with Gasteiger partial charge in [-0.1, -0.05) is 44.9 Å². The van der Waals surface area contributed by atoms with Crippen molar-refractivity contribution >= 4 is 17.9 Å². The van der Waals surface area contributed by atoms with Crippen LogP contribution in [0.4, 0.5) is 4.79 Å². The van der Waals surface area contributed by atoms with Gasteiger partial charge in [0.1, 0.15) is 17.7 Å². The second-order valence-electron chi connectivity index (χ2n) is 9.66. The summed E-state index contributed by atoms with van der Waals surface area (Å²) in [6.07, 6.45) is 2.68. The van der Waals surface area contributed by atoms with E-state index in [0.717, 1.165) is 30.4 Å². The zero-order valence-electron chi connectivity index (χ0n) is 21.9. The third-order valence-electron chi connectivity index (χ3n) is 5.41. The molecule has 0 aliphatic carbocycles. The van der Waals surface area contributed by atoms with Gasteiger partial charge in [-0.15, -0.1) is 0 Å². The van der Waals surface area contributed by atoms with Gasteiger partial charge in [0.2, 0.25) is 11.8 Å². The number of benzene rings is 1. The standard InChI is InChI=1S/C26H43N3O5/c1-8-10-11-14-27-23(31)22(20-13-12-18(3)19(4)16-20)29(15-9-2)24(32)21(17-30)28-25(33)34-26(5,6)7/h12-13,16,21-22,30H,8-11,14-15,17H2,1-7H3,(H,27,31)(H,28,33). The molecule has 0 saturated heterocycles. The van der Waals surface area contributed by atoms with E-state index in [9.17, 15) is 19.5 Å². The summed E-state index contributed by atoms with van der Waals surface area (Å²) in [4.78, 5) is 40.6. The Kier molecular flexibility index (Phi) is 12.1. The first-order chi connectivity index (χ1) is 15.9. The van der Waals surface area contributed by atoms with Crippen molar-refractivity contribution in [2.45, 2.75) is 91.8 Å². The lowest BCUT2D eigenvalue weighted by Crippen LogP contribution is -2.54. The first kappa shape index (κ1) is 29.4. The molecule has 34 heavy (non-hydrogen) atoms. The quantitative estimate of drug-likeness (QED) is 0.397. The molecule has 8 nitrogen and oxygen atoms in total. The first-order valence-corrected chi connectivity index (χ1v) is 12.2. The van der Waals surface area contributed by atoms with E-state index < -0.39 is 36.3 Å². The van der Waals surface area contributed by atoms with Crippen molar-refractivity contribution in [1.29, 1.82) is 0 Å². The largest absolute Gasteiger partial charge is 0.444 e. The lowest BCUT2D eigenvalue weighted by atomic mass is 9.98. The number of carbonyl (C=O) groups excluding carboxylic acids is 3. The van der Waals surface area contributed by atoms with Crippen LogP contribution in [0, 0.1) is 13.8 Å². The Hall–Kier alpha value is -2.61. The van der Waals surface area contributed by atoms with Crippen LogP contribution in [-0.4, -0.2) is 59.3 Å². The highest BCUT2D eigenvalue weighted by molar-refractivity contribution is 5.92. The maximum Gasteiger partial charge on any atom is 0.408 e. The van der Waals surface area contributed by atoms with Crippen LogP contribution >= 0.6 is 0 Å². The van der Waals surface area contributed by atoms with Crippen molar-refractivity contribution in [3.8, 4) is 0 Å². The normalized spacial score (nSPS) is 13.1. The van der Waals surface area contributed by atoms with Gasteiger partial charge in [-0.3, -0.25) is 9.59 Å². The number of aryl methyl sites for hydroxylation is 2. The summed E-state index contributed by atoms with van der Waals surface area (Å²) in [6.45, 7) is 13.3. The number of ether oxygens (including phenoxy) is 1. The highest BCUT2D eigenvalue weighted by Gasteiger charge is 2.35. The maximum absolute atomic E-state index is 13.5. The Morgan fingerprint density at radius 3 is 2.26 bits per heavy atom. The van der Waals surface area contributed by atoms with Crippen molar-refractivity contribution < 1.29 is 24.2 Å². The summed E-state index contributed by atoms with van der Waals surface area (Å²) in [5.74, 6) is -0.822. The number of amides is 3. The molecular weight excluding hydrogens is 434 g/mol. The molecule has 1 aromatic rings. The van der Waals surface area contributed by atoms with E-state index in [1.54, 1.807) is 20.8 Å². The SMILES string of the molecule is CCCCCNC(=O)C(c1ccc(C)c(C)c1)N(CCC)C(=O)C(CO)NC(=O)OC(C)(C)C. The van der Waals surface area contributed by atoms with Gasteiger partial charge in [-0.05, 0) is 64.2 Å². The van der Waals surface area contributed by atoms with E-state index in [2.05, 4.69) is 17.6 Å². The number of aliphatic hydroxyl groups is 1. The number of aliphatic hydroxyl groups excluding tert-OH is 1. The Balaban J connectivity index is 3.29. The van der Waals surface area contributed by atoms with Crippen LogP contribution in [0.15, 0.2) is 18.2 Å². The molecule has 3 amide bonds. The molecule has 0 aliphatic rings. The van der Waals surface area contributed by atoms with E-state index in [-0.39, 0.29) is 12.5 Å². The highest BCUT2D eigenvalue weighted by Crippen LogP contribution is 2.25. The number of rotatable bonds is 12. The number of hydrogen-bond acceptors (Lipinski definition) is 5. The van der Waals surface area contributed by atoms with Crippen molar-refractivity contribution in [2.24, 2.45) is 0 Å². The van der Waals surface area contributed by atoms with Crippen molar-refractivity contribution in [1.82, 2.24) is 15.5 Å². The number of nitrogens with one attached hydrogen (secondary N) is 2. The fourth-order valence-corrected chi connectivity index (χ4v) is 3.53. The average Bonchev–Trinajstić information content (AvgIpc) is 2.75. The molecule has 8 heteroatoms. The second-order valence-corrected chi connectivity index (χ2v) is 9.66. The van der Waals surface area contributed by atoms with Gasteiger partial charge in [0.25, 0.3) is 0 Å². The van der Waals surface area contributed by atoms with Gasteiger partial charge in [0.05, 0.1) is 6.61 Å². The number of hydrogen-bond donors (Lipinski definition) is 3. The first-order valence-electron chi connectivity index (χ1n) is 12.2. The monoisotopic (exact) mass is 477 g/mol. The van der Waals surface area contributed by atoms with E-state index >= 15 is 0 Å². The van der Waals surface area contributed by atoms with Gasteiger partial charge in [0, 0.05) is 13.1 Å². The Morgan fingerprint density at radius 1 is 1.06 bits per heavy atom. The van der Waals surface area contributed by atoms with Crippen molar-refractivity contribution in [3.63, 3.8) is 0 Å². The molecular formula is C26H43N3O5. The summed E-state index contributed by atoms with van der Waals surface area (Å²) in [5, 5.41) is 15.3. The molecule has 192 valence electrons. The predicted octanol–water partition coefficient (Wildman–Crippen LogP) is 3.78. The summed E-state index contributed by atoms with van der Waals surface area (Å²) in [6, 6.07) is 3.57. The third-order valence-corrected chi connectivity index (χ3v) is 5.41. The lowest BCUT2D eigenvalue weighted by Gasteiger charge is -2.34. The Labute approximate surface area is 204 Å². The summed E-state index contributed by atoms with van der Waals surface area (Å²) < 4.78 is 5.25. The van der Waals surface area contributed by atoms with Crippen LogP contribution in [0.5, 0.6) is 0 Å². The fraction of sp³-hybridized carbons (Fsp3) is 0.654. The second kappa shape index (κ2) is 13.9. The van der Waals surface area contributed by atoms with E-state index in [0.29, 0.717) is 18.5 Å². The van der Waals surface area contributed by atoms with Crippen molar-refractivity contribution in [2.75, 3.05) is 19.7 Å². The van der Waals surface area contributed by atoms with Gasteiger partial charge < -0.3 is 25.4 Å². The van der Waals surface area contributed by atoms with E-state index in [1.807, 2.05) is 39.0 Å². The molecule has 0 aliphatic heterocycles. The molecule has 0 bridgehead atoms. The minimum Gasteiger partial charge on any atom is -0.444 e. The van der Waals surface area contributed by atoms with Crippen molar-refractivity contribution in [3.05, 3.63) is 34.9 Å². The van der Waals surface area contributed by atoms with Gasteiger partial charge >= 0.3 is 6.09 Å². The van der Waals surface area contributed by atoms with Gasteiger partial charge in [0.15, 0.2) is 0 Å². The van der Waals surface area contributed by atoms with Crippen LogP contribution in [0.2, 0.25) is 0 Å². The molecule has 2 unspecified atom stereocenters. The summed E-state index contributed by atoms with van der Waals surface area (Å²) in [5.41, 5.74) is 2.03. The van der Waals surface area contributed by atoms with Gasteiger partial charge in [-0.2, -0.15) is 0 Å². The highest BCUT2D eigenvalue weighted by atomic mass is 16.6. The number of unbranched alkanes of at least 4 members (excludes halogenated alkanes) is 2. The smallest absolute Gasteiger partial charge is 0.408 e. The molecule has 3 N–H and O–H groups in total. The molecule has 0 fully saturated rings. The molecule has 0 radical (unpaired) electrons. The average molecular weight is 478 g/mol. The minimum atomic E-state index is -1.23. The predicted molar refractivity (Wildman–Crippen MR) is 133 cm³/mol. The number of alkyl carbamates (subject to hydrolysis) is 1. The summed E-state index contributed by atoms with van der Waals surface area (Å²) >= 11 is 0. The van der Waals surface area contributed by atoms with E-state index in [1.165, 1.54) is 4.90 Å². The molecule has 2 atom stereocenters. The van der Waals surface area contributed by atoms with Crippen LogP contribution < -0.4 is 10.6 Å². The maximum atomic E-state index is 13.5. The lowest BCUT2D eigenvalue weighted by molar-refractivity contribution is -0.143. The topological polar surface area (TPSA) is 108 Å². The Morgan fingerprint density at radius 2 is 1.74 bits per heavy atom. The van der Waals surface area contributed by atoms with Crippen LogP contribution in [0.1, 0.15) is 83.0 Å². The van der Waals surface area contributed by atoms with E-state index in [4.69, 9.17) is 4.74 Å². The minimum absolute atomic E-state index is 0.282. The summed E-state index contributed by atoms with van der Waals surface area (Å²) in [7, 11) is 0. The Bertz CT molecular complexity index is 819.